The van der Waals surface area contributed by atoms with E-state index in [4.69, 9.17) is 9.47 Å². The van der Waals surface area contributed by atoms with E-state index in [1.165, 1.54) is 6.92 Å². The second-order valence-corrected chi connectivity index (χ2v) is 6.59. The van der Waals surface area contributed by atoms with Gasteiger partial charge in [-0.25, -0.2) is 4.79 Å². The lowest BCUT2D eigenvalue weighted by molar-refractivity contribution is -0.159. The van der Waals surface area contributed by atoms with Crippen LogP contribution in [0.4, 0.5) is 0 Å². The second-order valence-electron chi connectivity index (χ2n) is 6.59. The first kappa shape index (κ1) is 18.9. The average molecular weight is 341 g/mol. The molecule has 0 bridgehead atoms. The summed E-state index contributed by atoms with van der Waals surface area (Å²) in [5.41, 5.74) is 0.876. The van der Waals surface area contributed by atoms with Crippen molar-refractivity contribution in [1.29, 1.82) is 0 Å². The fourth-order valence-corrected chi connectivity index (χ4v) is 3.00. The summed E-state index contributed by atoms with van der Waals surface area (Å²) in [4.78, 5) is 25.9. The van der Waals surface area contributed by atoms with E-state index in [-0.39, 0.29) is 30.6 Å². The molecule has 136 valence electrons. The van der Waals surface area contributed by atoms with Gasteiger partial charge < -0.3 is 19.7 Å². The lowest BCUT2D eigenvalue weighted by atomic mass is 10.0. The molecule has 0 aromatic heterocycles. The zero-order valence-corrected chi connectivity index (χ0v) is 14.5. The maximum Gasteiger partial charge on any atom is 0.338 e. The molecule has 0 aliphatic carbocycles. The minimum Gasteiger partial charge on any atom is -0.460 e. The molecule has 0 spiro atoms. The molecule has 2 aliphatic heterocycles. The van der Waals surface area contributed by atoms with Crippen LogP contribution in [0.15, 0.2) is 11.6 Å². The highest BCUT2D eigenvalue weighted by molar-refractivity contribution is 5.75. The Balaban J connectivity index is 1.92. The minimum absolute atomic E-state index is 0.0289. The van der Waals surface area contributed by atoms with Gasteiger partial charge in [0.05, 0.1) is 18.1 Å². The van der Waals surface area contributed by atoms with Gasteiger partial charge in [0.2, 0.25) is 0 Å². The number of nitrogens with zero attached hydrogens (tertiary/aromatic N) is 1. The zero-order chi connectivity index (χ0) is 17.9. The number of fused-ring (bicyclic) bond motifs is 1. The third-order valence-electron chi connectivity index (χ3n) is 4.78. The summed E-state index contributed by atoms with van der Waals surface area (Å²) >= 11 is 0. The Morgan fingerprint density at radius 1 is 1.33 bits per heavy atom. The Bertz CT molecular complexity index is 503. The van der Waals surface area contributed by atoms with Crippen LogP contribution in [0.3, 0.4) is 0 Å². The highest BCUT2D eigenvalue weighted by Crippen LogP contribution is 2.32. The molecule has 7 nitrogen and oxygen atoms in total. The predicted octanol–water partition coefficient (Wildman–Crippen LogP) is 0.244. The van der Waals surface area contributed by atoms with E-state index >= 15 is 0 Å². The normalized spacial score (nSPS) is 27.1. The molecule has 0 saturated carbocycles. The standard InChI is InChI=1S/C17H27NO6/c1-4-10(2)16(21)24-13-6-8-18-7-5-12(14(13)18)9-23-17(22)15(20)11(3)19/h5,10-11,13-15,19-20H,4,6-9H2,1-3H3/t10?,11?,13-,14?,15?/m1/s1. The van der Waals surface area contributed by atoms with Crippen molar-refractivity contribution in [3.8, 4) is 0 Å². The van der Waals surface area contributed by atoms with Gasteiger partial charge >= 0.3 is 11.9 Å². The van der Waals surface area contributed by atoms with Crippen LogP contribution < -0.4 is 0 Å². The molecule has 1 fully saturated rings. The molecule has 2 aliphatic rings. The second kappa shape index (κ2) is 8.09. The molecular formula is C17H27NO6. The monoisotopic (exact) mass is 341 g/mol. The van der Waals surface area contributed by atoms with Crippen LogP contribution in [0.2, 0.25) is 0 Å². The highest BCUT2D eigenvalue weighted by atomic mass is 16.6. The molecule has 0 amide bonds. The summed E-state index contributed by atoms with van der Waals surface area (Å²) < 4.78 is 10.7. The molecule has 24 heavy (non-hydrogen) atoms. The van der Waals surface area contributed by atoms with Crippen molar-refractivity contribution in [2.45, 2.75) is 58.0 Å². The quantitative estimate of drug-likeness (QED) is 0.506. The minimum atomic E-state index is -1.55. The number of ether oxygens (including phenoxy) is 2. The average Bonchev–Trinajstić information content (AvgIpc) is 3.14. The first-order valence-electron chi connectivity index (χ1n) is 8.51. The van der Waals surface area contributed by atoms with Crippen molar-refractivity contribution in [2.24, 2.45) is 5.92 Å². The Morgan fingerprint density at radius 2 is 2.04 bits per heavy atom. The summed E-state index contributed by atoms with van der Waals surface area (Å²) in [7, 11) is 0. The summed E-state index contributed by atoms with van der Waals surface area (Å²) in [5, 5.41) is 18.7. The first-order valence-corrected chi connectivity index (χ1v) is 8.51. The SMILES string of the molecule is CCC(C)C(=O)O[C@@H]1CCN2CC=C(COC(=O)C(O)C(C)O)C12. The molecule has 1 saturated heterocycles. The van der Waals surface area contributed by atoms with E-state index in [0.29, 0.717) is 0 Å². The van der Waals surface area contributed by atoms with Gasteiger partial charge in [0, 0.05) is 13.1 Å². The number of esters is 2. The molecule has 2 heterocycles. The van der Waals surface area contributed by atoms with Gasteiger partial charge in [-0.05, 0) is 25.3 Å². The van der Waals surface area contributed by atoms with E-state index in [9.17, 15) is 19.8 Å². The lowest BCUT2D eigenvalue weighted by Gasteiger charge is -2.25. The number of carbonyl (C=O) groups excluding carboxylic acids is 2. The summed E-state index contributed by atoms with van der Waals surface area (Å²) in [6.45, 7) is 6.70. The number of hydrogen-bond donors (Lipinski definition) is 2. The molecule has 4 unspecified atom stereocenters. The van der Waals surface area contributed by atoms with Gasteiger partial charge in [-0.15, -0.1) is 0 Å². The largest absolute Gasteiger partial charge is 0.460 e. The van der Waals surface area contributed by atoms with Crippen LogP contribution in [-0.4, -0.2) is 71.1 Å². The molecular weight excluding hydrogens is 314 g/mol. The predicted molar refractivity (Wildman–Crippen MR) is 86.0 cm³/mol. The number of aliphatic hydroxyl groups is 2. The maximum absolute atomic E-state index is 12.0. The van der Waals surface area contributed by atoms with Crippen molar-refractivity contribution in [2.75, 3.05) is 19.7 Å². The van der Waals surface area contributed by atoms with Crippen LogP contribution in [-0.2, 0) is 19.1 Å². The Kier molecular flexibility index (Phi) is 6.37. The van der Waals surface area contributed by atoms with Gasteiger partial charge in [-0.3, -0.25) is 9.69 Å². The maximum atomic E-state index is 12.0. The number of carbonyl (C=O) groups is 2. The van der Waals surface area contributed by atoms with Crippen LogP contribution >= 0.6 is 0 Å². The molecule has 0 radical (unpaired) electrons. The topological polar surface area (TPSA) is 96.3 Å². The third kappa shape index (κ3) is 4.15. The van der Waals surface area contributed by atoms with E-state index in [1.54, 1.807) is 0 Å². The third-order valence-corrected chi connectivity index (χ3v) is 4.78. The highest BCUT2D eigenvalue weighted by Gasteiger charge is 2.42. The fraction of sp³-hybridized carbons (Fsp3) is 0.765. The van der Waals surface area contributed by atoms with E-state index in [1.807, 2.05) is 19.9 Å². The summed E-state index contributed by atoms with van der Waals surface area (Å²) in [6, 6.07) is -0.0745. The van der Waals surface area contributed by atoms with Crippen LogP contribution in [0.1, 0.15) is 33.6 Å². The van der Waals surface area contributed by atoms with Crippen molar-refractivity contribution < 1.29 is 29.3 Å². The van der Waals surface area contributed by atoms with Crippen molar-refractivity contribution in [1.82, 2.24) is 4.90 Å². The lowest BCUT2D eigenvalue weighted by Crippen LogP contribution is -2.38. The molecule has 2 N–H and O–H groups in total. The van der Waals surface area contributed by atoms with Gasteiger partial charge in [-0.2, -0.15) is 0 Å². The zero-order valence-electron chi connectivity index (χ0n) is 14.5. The van der Waals surface area contributed by atoms with Crippen LogP contribution in [0.5, 0.6) is 0 Å². The Hall–Kier alpha value is -1.44. The molecule has 0 aromatic carbocycles. The Labute approximate surface area is 142 Å². The molecule has 0 aromatic rings. The molecule has 5 atom stereocenters. The van der Waals surface area contributed by atoms with Crippen LogP contribution in [0.25, 0.3) is 0 Å². The number of rotatable bonds is 7. The Morgan fingerprint density at radius 3 is 2.67 bits per heavy atom. The molecule has 2 rings (SSSR count). The first-order chi connectivity index (χ1) is 11.3. The summed E-state index contributed by atoms with van der Waals surface area (Å²) in [6.07, 6.45) is 0.496. The smallest absolute Gasteiger partial charge is 0.338 e. The van der Waals surface area contributed by atoms with Gasteiger partial charge in [-0.1, -0.05) is 19.9 Å². The fourth-order valence-electron chi connectivity index (χ4n) is 3.00. The van der Waals surface area contributed by atoms with Gasteiger partial charge in [0.25, 0.3) is 0 Å². The van der Waals surface area contributed by atoms with E-state index in [2.05, 4.69) is 4.90 Å². The number of hydrogen-bond acceptors (Lipinski definition) is 7. The van der Waals surface area contributed by atoms with Crippen molar-refractivity contribution in [3.05, 3.63) is 11.6 Å². The van der Waals surface area contributed by atoms with Crippen molar-refractivity contribution in [3.63, 3.8) is 0 Å². The van der Waals surface area contributed by atoms with Crippen LogP contribution in [0, 0.1) is 5.92 Å². The van der Waals surface area contributed by atoms with Gasteiger partial charge in [0.1, 0.15) is 12.7 Å². The van der Waals surface area contributed by atoms with Crippen molar-refractivity contribution >= 4 is 11.9 Å². The van der Waals surface area contributed by atoms with E-state index < -0.39 is 18.2 Å². The van der Waals surface area contributed by atoms with Gasteiger partial charge in [0.15, 0.2) is 6.10 Å². The molecule has 7 heteroatoms. The number of aliphatic hydroxyl groups excluding tert-OH is 2. The van der Waals surface area contributed by atoms with E-state index in [0.717, 1.165) is 31.5 Å². The summed E-state index contributed by atoms with van der Waals surface area (Å²) in [5.74, 6) is -1.18.